The van der Waals surface area contributed by atoms with Crippen LogP contribution in [0.15, 0.2) is 72.8 Å². The fourth-order valence-corrected chi connectivity index (χ4v) is 5.56. The predicted molar refractivity (Wildman–Crippen MR) is 154 cm³/mol. The molecule has 1 heterocycles. The highest BCUT2D eigenvalue weighted by Crippen LogP contribution is 2.42. The molecule has 1 N–H and O–H groups in total. The molecule has 2 atom stereocenters. The molecule has 0 aromatic heterocycles. The van der Waals surface area contributed by atoms with E-state index in [4.69, 9.17) is 16.3 Å². The number of rotatable bonds is 7. The summed E-state index contributed by atoms with van der Waals surface area (Å²) in [6.07, 6.45) is 0.863. The van der Waals surface area contributed by atoms with Crippen molar-refractivity contribution in [2.45, 2.75) is 46.1 Å². The largest absolute Gasteiger partial charge is 0.497 e. The van der Waals surface area contributed by atoms with Crippen LogP contribution in [-0.4, -0.2) is 43.0 Å². The number of nitrogens with one attached hydrogen (secondary N) is 1. The molecule has 4 rings (SSSR count). The molecule has 1 fully saturated rings. The predicted octanol–water partition coefficient (Wildman–Crippen LogP) is 6.81. The van der Waals surface area contributed by atoms with Gasteiger partial charge in [-0.25, -0.2) is 0 Å². The molecule has 0 bridgehead atoms. The second kappa shape index (κ2) is 11.6. The van der Waals surface area contributed by atoms with Crippen molar-refractivity contribution in [3.8, 4) is 16.9 Å². The molecule has 0 saturated carbocycles. The molecule has 0 spiro atoms. The van der Waals surface area contributed by atoms with Crippen molar-refractivity contribution in [3.05, 3.63) is 88.9 Å². The second-order valence-electron chi connectivity index (χ2n) is 11.1. The Balaban J connectivity index is 1.48. The van der Waals surface area contributed by atoms with Crippen LogP contribution in [0, 0.1) is 11.3 Å². The monoisotopic (exact) mass is 532 g/mol. The van der Waals surface area contributed by atoms with Crippen molar-refractivity contribution < 1.29 is 14.3 Å². The summed E-state index contributed by atoms with van der Waals surface area (Å²) in [7, 11) is 1.63. The van der Waals surface area contributed by atoms with Gasteiger partial charge in [0.05, 0.1) is 7.11 Å². The number of benzene rings is 3. The number of hydrogen-bond acceptors (Lipinski definition) is 3. The molecule has 3 aromatic carbocycles. The van der Waals surface area contributed by atoms with E-state index in [9.17, 15) is 9.59 Å². The number of likely N-dealkylation sites (tertiary alicyclic amines) is 1. The number of amides is 2. The Bertz CT molecular complexity index is 1290. The highest BCUT2D eigenvalue weighted by atomic mass is 35.5. The van der Waals surface area contributed by atoms with Crippen LogP contribution in [0.4, 0.5) is 0 Å². The van der Waals surface area contributed by atoms with Gasteiger partial charge in [-0.1, -0.05) is 75.7 Å². The average molecular weight is 533 g/mol. The highest BCUT2D eigenvalue weighted by Gasteiger charge is 2.40. The number of nitrogens with zero attached hydrogens (tertiary/aromatic N) is 1. The maximum Gasteiger partial charge on any atom is 0.251 e. The molecule has 200 valence electrons. The molecule has 6 heteroatoms. The SMILES string of the molecule is COc1cccc(-c2cccc(C(=O)N[C@@H](C(=O)N3CC[C@H](c4ccc(Cl)cc4)C(C)(C)C3)C(C)C)c2)c1. The molecule has 0 unspecified atom stereocenters. The molecule has 0 radical (unpaired) electrons. The van der Waals surface area contributed by atoms with Crippen molar-refractivity contribution in [2.75, 3.05) is 20.2 Å². The van der Waals surface area contributed by atoms with Crippen LogP contribution in [0.3, 0.4) is 0 Å². The highest BCUT2D eigenvalue weighted by molar-refractivity contribution is 6.30. The Labute approximate surface area is 231 Å². The maximum absolute atomic E-state index is 13.7. The third-order valence-electron chi connectivity index (χ3n) is 7.56. The van der Waals surface area contributed by atoms with Gasteiger partial charge in [-0.15, -0.1) is 0 Å². The summed E-state index contributed by atoms with van der Waals surface area (Å²) in [6.45, 7) is 9.64. The van der Waals surface area contributed by atoms with E-state index in [2.05, 4.69) is 31.3 Å². The van der Waals surface area contributed by atoms with Crippen LogP contribution in [0.1, 0.15) is 56.0 Å². The molecular formula is C32H37ClN2O3. The van der Waals surface area contributed by atoms with Crippen LogP contribution in [0.2, 0.25) is 5.02 Å². The Kier molecular flexibility index (Phi) is 8.47. The first kappa shape index (κ1) is 27.7. The van der Waals surface area contributed by atoms with Crippen molar-refractivity contribution in [1.29, 1.82) is 0 Å². The fraction of sp³-hybridized carbons (Fsp3) is 0.375. The molecule has 0 aliphatic carbocycles. The third-order valence-corrected chi connectivity index (χ3v) is 7.81. The van der Waals surface area contributed by atoms with E-state index in [1.807, 2.05) is 73.3 Å². The Morgan fingerprint density at radius 2 is 1.66 bits per heavy atom. The zero-order chi connectivity index (χ0) is 27.4. The third kappa shape index (κ3) is 6.21. The summed E-state index contributed by atoms with van der Waals surface area (Å²) in [5, 5.41) is 3.76. The van der Waals surface area contributed by atoms with Gasteiger partial charge in [0.25, 0.3) is 5.91 Å². The smallest absolute Gasteiger partial charge is 0.251 e. The quantitative estimate of drug-likeness (QED) is 0.363. The van der Waals surface area contributed by atoms with Crippen molar-refractivity contribution in [3.63, 3.8) is 0 Å². The Morgan fingerprint density at radius 3 is 2.29 bits per heavy atom. The lowest BCUT2D eigenvalue weighted by Crippen LogP contribution is -2.55. The standard InChI is InChI=1S/C32H37ClN2O3/c1-21(2)29(31(37)35-17-16-28(32(3,4)20-35)22-12-14-26(33)15-13-22)34-30(36)25-10-6-8-23(18-25)24-9-7-11-27(19-24)38-5/h6-15,18-19,21,28-29H,16-17,20H2,1-5H3,(H,34,36)/t28-,29-/m1/s1. The fourth-order valence-electron chi connectivity index (χ4n) is 5.44. The van der Waals surface area contributed by atoms with E-state index < -0.39 is 6.04 Å². The van der Waals surface area contributed by atoms with E-state index in [1.54, 1.807) is 13.2 Å². The van der Waals surface area contributed by atoms with Gasteiger partial charge in [-0.05, 0) is 76.8 Å². The zero-order valence-corrected chi connectivity index (χ0v) is 23.6. The van der Waals surface area contributed by atoms with Gasteiger partial charge in [0.2, 0.25) is 5.91 Å². The number of carbonyl (C=O) groups excluding carboxylic acids is 2. The van der Waals surface area contributed by atoms with E-state index in [1.165, 1.54) is 5.56 Å². The summed E-state index contributed by atoms with van der Waals surface area (Å²) in [6, 6.07) is 22.6. The van der Waals surface area contributed by atoms with Crippen molar-refractivity contribution >= 4 is 23.4 Å². The number of hydrogen-bond donors (Lipinski definition) is 1. The molecular weight excluding hydrogens is 496 g/mol. The van der Waals surface area contributed by atoms with Gasteiger partial charge in [-0.2, -0.15) is 0 Å². The van der Waals surface area contributed by atoms with Gasteiger partial charge in [0.15, 0.2) is 0 Å². The van der Waals surface area contributed by atoms with E-state index in [-0.39, 0.29) is 23.1 Å². The molecule has 2 amide bonds. The first-order valence-electron chi connectivity index (χ1n) is 13.2. The van der Waals surface area contributed by atoms with Gasteiger partial charge in [0, 0.05) is 23.7 Å². The van der Waals surface area contributed by atoms with Crippen molar-refractivity contribution in [1.82, 2.24) is 10.2 Å². The average Bonchev–Trinajstić information content (AvgIpc) is 2.91. The molecule has 1 aliphatic rings. The molecule has 1 saturated heterocycles. The van der Waals surface area contributed by atoms with Gasteiger partial charge >= 0.3 is 0 Å². The summed E-state index contributed by atoms with van der Waals surface area (Å²) in [5.74, 6) is 0.753. The summed E-state index contributed by atoms with van der Waals surface area (Å²) in [5.41, 5.74) is 3.52. The van der Waals surface area contributed by atoms with Gasteiger partial charge < -0.3 is 15.0 Å². The van der Waals surface area contributed by atoms with Crippen molar-refractivity contribution in [2.24, 2.45) is 11.3 Å². The topological polar surface area (TPSA) is 58.6 Å². The summed E-state index contributed by atoms with van der Waals surface area (Å²) >= 11 is 6.10. The minimum absolute atomic E-state index is 0.0278. The lowest BCUT2D eigenvalue weighted by Gasteiger charge is -2.45. The van der Waals surface area contributed by atoms with Gasteiger partial charge in [0.1, 0.15) is 11.8 Å². The second-order valence-corrected chi connectivity index (χ2v) is 11.6. The van der Waals surface area contributed by atoms with Crippen LogP contribution >= 0.6 is 11.6 Å². The normalized spacial score (nSPS) is 17.7. The molecule has 5 nitrogen and oxygen atoms in total. The number of ether oxygens (including phenoxy) is 1. The summed E-state index contributed by atoms with van der Waals surface area (Å²) < 4.78 is 5.34. The van der Waals surface area contributed by atoms with E-state index in [0.717, 1.165) is 28.3 Å². The molecule has 3 aromatic rings. The minimum atomic E-state index is -0.606. The minimum Gasteiger partial charge on any atom is -0.497 e. The zero-order valence-electron chi connectivity index (χ0n) is 22.8. The van der Waals surface area contributed by atoms with E-state index >= 15 is 0 Å². The molecule has 1 aliphatic heterocycles. The molecule has 38 heavy (non-hydrogen) atoms. The Hall–Kier alpha value is -3.31. The first-order valence-corrected chi connectivity index (χ1v) is 13.6. The maximum atomic E-state index is 13.7. The lowest BCUT2D eigenvalue weighted by molar-refractivity contribution is -0.137. The van der Waals surface area contributed by atoms with Crippen LogP contribution in [0.5, 0.6) is 5.75 Å². The van der Waals surface area contributed by atoms with Crippen LogP contribution < -0.4 is 10.1 Å². The number of piperidine rings is 1. The first-order chi connectivity index (χ1) is 18.1. The van der Waals surface area contributed by atoms with Gasteiger partial charge in [-0.3, -0.25) is 9.59 Å². The lowest BCUT2D eigenvalue weighted by atomic mass is 9.70. The van der Waals surface area contributed by atoms with E-state index in [0.29, 0.717) is 24.6 Å². The number of carbonyl (C=O) groups is 2. The Morgan fingerprint density at radius 1 is 1.00 bits per heavy atom. The van der Waals surface area contributed by atoms with Crippen LogP contribution in [0.25, 0.3) is 11.1 Å². The number of halogens is 1. The number of methoxy groups -OCH3 is 1. The van der Waals surface area contributed by atoms with Crippen LogP contribution in [-0.2, 0) is 4.79 Å². The summed E-state index contributed by atoms with van der Waals surface area (Å²) in [4.78, 5) is 29.0.